The molecule has 28 heavy (non-hydrogen) atoms. The maximum atomic E-state index is 13.2. The number of nitrogens with zero attached hydrogens (tertiary/aromatic N) is 1. The Morgan fingerprint density at radius 3 is 2.64 bits per heavy atom. The summed E-state index contributed by atoms with van der Waals surface area (Å²) >= 11 is 6.09. The minimum atomic E-state index is -3.80. The van der Waals surface area contributed by atoms with Crippen molar-refractivity contribution in [2.24, 2.45) is 0 Å². The molecule has 0 aromatic heterocycles. The van der Waals surface area contributed by atoms with Gasteiger partial charge < -0.3 is 5.32 Å². The van der Waals surface area contributed by atoms with Crippen LogP contribution < -0.4 is 5.32 Å². The van der Waals surface area contributed by atoms with Gasteiger partial charge in [0.15, 0.2) is 0 Å². The molecule has 1 aliphatic heterocycles. The second-order valence-corrected chi connectivity index (χ2v) is 9.18. The van der Waals surface area contributed by atoms with Crippen molar-refractivity contribution in [3.05, 3.63) is 58.9 Å². The molecular weight excluding hydrogens is 403 g/mol. The van der Waals surface area contributed by atoms with Gasteiger partial charge in [0.05, 0.1) is 4.90 Å². The summed E-state index contributed by atoms with van der Waals surface area (Å²) in [5.74, 6) is -0.762. The Kier molecular flexibility index (Phi) is 6.37. The van der Waals surface area contributed by atoms with E-state index in [2.05, 4.69) is 5.32 Å². The summed E-state index contributed by atoms with van der Waals surface area (Å²) in [5.41, 5.74) is 1.37. The average molecular weight is 425 g/mol. The van der Waals surface area contributed by atoms with Gasteiger partial charge in [-0.05, 0) is 61.7 Å². The van der Waals surface area contributed by atoms with Gasteiger partial charge in [-0.25, -0.2) is 12.8 Å². The van der Waals surface area contributed by atoms with Crippen molar-refractivity contribution in [3.8, 4) is 0 Å². The van der Waals surface area contributed by atoms with E-state index in [0.717, 1.165) is 30.5 Å². The highest BCUT2D eigenvalue weighted by molar-refractivity contribution is 7.89. The van der Waals surface area contributed by atoms with Crippen LogP contribution >= 0.6 is 11.6 Å². The third-order valence-corrected chi connectivity index (χ3v) is 7.33. The van der Waals surface area contributed by atoms with Crippen LogP contribution in [0.4, 0.5) is 10.1 Å². The van der Waals surface area contributed by atoms with Gasteiger partial charge in [-0.3, -0.25) is 4.79 Å². The highest BCUT2D eigenvalue weighted by atomic mass is 35.5. The van der Waals surface area contributed by atoms with E-state index in [1.54, 1.807) is 18.2 Å². The molecule has 0 radical (unpaired) electrons. The fourth-order valence-corrected chi connectivity index (χ4v) is 5.26. The van der Waals surface area contributed by atoms with E-state index in [4.69, 9.17) is 11.6 Å². The maximum Gasteiger partial charge on any atom is 0.243 e. The van der Waals surface area contributed by atoms with Crippen LogP contribution in [0.1, 0.15) is 31.2 Å². The van der Waals surface area contributed by atoms with Crippen molar-refractivity contribution in [3.63, 3.8) is 0 Å². The van der Waals surface area contributed by atoms with Crippen LogP contribution in [-0.4, -0.2) is 31.2 Å². The lowest BCUT2D eigenvalue weighted by molar-refractivity contribution is -0.117. The normalized spacial score (nSPS) is 18.0. The van der Waals surface area contributed by atoms with E-state index in [1.807, 2.05) is 6.92 Å². The highest BCUT2D eigenvalue weighted by Crippen LogP contribution is 2.28. The number of carbonyl (C=O) groups is 1. The number of hydrogen-bond donors (Lipinski definition) is 1. The number of hydrogen-bond acceptors (Lipinski definition) is 3. The lowest BCUT2D eigenvalue weighted by Gasteiger charge is -2.34. The molecule has 8 heteroatoms. The molecule has 1 heterocycles. The lowest BCUT2D eigenvalue weighted by atomic mass is 10.0. The number of benzene rings is 2. The third kappa shape index (κ3) is 4.54. The van der Waals surface area contributed by atoms with E-state index in [9.17, 15) is 17.6 Å². The van der Waals surface area contributed by atoms with E-state index >= 15 is 0 Å². The Hall–Kier alpha value is -1.96. The minimum absolute atomic E-state index is 0.0342. The molecule has 5 nitrogen and oxygen atoms in total. The predicted octanol–water partition coefficient (Wildman–Crippen LogP) is 4.36. The van der Waals surface area contributed by atoms with Crippen LogP contribution in [0.5, 0.6) is 0 Å². The molecule has 2 aromatic rings. The highest BCUT2D eigenvalue weighted by Gasteiger charge is 2.34. The molecule has 1 aliphatic rings. The molecule has 0 unspecified atom stereocenters. The molecule has 1 N–H and O–H groups in total. The quantitative estimate of drug-likeness (QED) is 0.775. The van der Waals surface area contributed by atoms with Gasteiger partial charge in [-0.2, -0.15) is 4.31 Å². The summed E-state index contributed by atoms with van der Waals surface area (Å²) in [7, 11) is -3.80. The first-order chi connectivity index (χ1) is 13.3. The van der Waals surface area contributed by atoms with Crippen LogP contribution in [0.2, 0.25) is 5.02 Å². The molecule has 0 bridgehead atoms. The Balaban J connectivity index is 1.77. The monoisotopic (exact) mass is 424 g/mol. The summed E-state index contributed by atoms with van der Waals surface area (Å²) in [6.07, 6.45) is 2.23. The summed E-state index contributed by atoms with van der Waals surface area (Å²) in [5, 5.41) is 3.37. The number of halogens is 2. The molecule has 3 rings (SSSR count). The first-order valence-corrected chi connectivity index (χ1v) is 10.9. The number of amides is 1. The summed E-state index contributed by atoms with van der Waals surface area (Å²) in [4.78, 5) is 12.6. The second-order valence-electron chi connectivity index (χ2n) is 6.88. The molecule has 1 amide bonds. The fourth-order valence-electron chi connectivity index (χ4n) is 3.39. The predicted molar refractivity (Wildman–Crippen MR) is 107 cm³/mol. The molecular formula is C20H22ClFN2O3S. The molecule has 0 aliphatic carbocycles. The lowest BCUT2D eigenvalue weighted by Crippen LogP contribution is -2.45. The first kappa shape index (κ1) is 20.8. The number of carbonyl (C=O) groups excluding carboxylic acids is 1. The Labute approximate surface area is 169 Å². The molecule has 0 spiro atoms. The Morgan fingerprint density at radius 2 is 1.93 bits per heavy atom. The molecule has 0 saturated carbocycles. The number of piperidine rings is 1. The van der Waals surface area contributed by atoms with Gasteiger partial charge in [0.25, 0.3) is 0 Å². The SMILES string of the molecule is Cc1c(Cl)cccc1NC(=O)C[C@H]1CCCCN1S(=O)(=O)c1ccc(F)cc1. The fraction of sp³-hybridized carbons (Fsp3) is 0.350. The van der Waals surface area contributed by atoms with Crippen LogP contribution in [0.3, 0.4) is 0 Å². The van der Waals surface area contributed by atoms with Crippen molar-refractivity contribution < 1.29 is 17.6 Å². The molecule has 1 saturated heterocycles. The summed E-state index contributed by atoms with van der Waals surface area (Å²) < 4.78 is 40.5. The van der Waals surface area contributed by atoms with Crippen molar-refractivity contribution in [2.45, 2.75) is 43.5 Å². The zero-order chi connectivity index (χ0) is 20.3. The average Bonchev–Trinajstić information content (AvgIpc) is 2.66. The summed E-state index contributed by atoms with van der Waals surface area (Å²) in [6, 6.07) is 9.57. The van der Waals surface area contributed by atoms with E-state index in [1.165, 1.54) is 16.4 Å². The van der Waals surface area contributed by atoms with Crippen molar-refractivity contribution in [2.75, 3.05) is 11.9 Å². The largest absolute Gasteiger partial charge is 0.326 e. The number of nitrogens with one attached hydrogen (secondary N) is 1. The van der Waals surface area contributed by atoms with Gasteiger partial charge in [0.2, 0.25) is 15.9 Å². The van der Waals surface area contributed by atoms with E-state index in [-0.39, 0.29) is 17.2 Å². The van der Waals surface area contributed by atoms with Gasteiger partial charge in [-0.15, -0.1) is 0 Å². The van der Waals surface area contributed by atoms with Crippen molar-refractivity contribution >= 4 is 33.2 Å². The topological polar surface area (TPSA) is 66.5 Å². The van der Waals surface area contributed by atoms with Crippen LogP contribution in [0.25, 0.3) is 0 Å². The van der Waals surface area contributed by atoms with Crippen molar-refractivity contribution in [1.29, 1.82) is 0 Å². The third-order valence-electron chi connectivity index (χ3n) is 4.96. The zero-order valence-corrected chi connectivity index (χ0v) is 17.1. The van der Waals surface area contributed by atoms with Crippen LogP contribution in [-0.2, 0) is 14.8 Å². The standard InChI is InChI=1S/C20H22ClFN2O3S/c1-14-18(21)6-4-7-19(14)23-20(25)13-16-5-2-3-12-24(16)28(26,27)17-10-8-15(22)9-11-17/h4,6-11,16H,2-3,5,12-13H2,1H3,(H,23,25)/t16-/m1/s1. The van der Waals surface area contributed by atoms with E-state index < -0.39 is 21.9 Å². The number of rotatable bonds is 5. The number of sulfonamides is 1. The molecule has 150 valence electrons. The Morgan fingerprint density at radius 1 is 1.21 bits per heavy atom. The van der Waals surface area contributed by atoms with Gasteiger partial charge in [0, 0.05) is 29.7 Å². The van der Waals surface area contributed by atoms with Crippen LogP contribution in [0.15, 0.2) is 47.4 Å². The number of anilines is 1. The minimum Gasteiger partial charge on any atom is -0.326 e. The first-order valence-electron chi connectivity index (χ1n) is 9.11. The summed E-state index contributed by atoms with van der Waals surface area (Å²) in [6.45, 7) is 2.15. The smallest absolute Gasteiger partial charge is 0.243 e. The van der Waals surface area contributed by atoms with Gasteiger partial charge >= 0.3 is 0 Å². The van der Waals surface area contributed by atoms with Gasteiger partial charge in [-0.1, -0.05) is 24.1 Å². The second kappa shape index (κ2) is 8.59. The van der Waals surface area contributed by atoms with Crippen molar-refractivity contribution in [1.82, 2.24) is 4.31 Å². The maximum absolute atomic E-state index is 13.2. The zero-order valence-electron chi connectivity index (χ0n) is 15.5. The van der Waals surface area contributed by atoms with Crippen LogP contribution in [0, 0.1) is 12.7 Å². The Bertz CT molecular complexity index is 964. The molecule has 1 fully saturated rings. The molecule has 2 aromatic carbocycles. The van der Waals surface area contributed by atoms with Gasteiger partial charge in [0.1, 0.15) is 5.82 Å². The van der Waals surface area contributed by atoms with E-state index in [0.29, 0.717) is 23.7 Å². The molecule has 1 atom stereocenters.